The third-order valence-corrected chi connectivity index (χ3v) is 2.62. The minimum Gasteiger partial charge on any atom is -0.497 e. The number of benzene rings is 1. The molecule has 86 valence electrons. The van der Waals surface area contributed by atoms with Gasteiger partial charge in [0, 0.05) is 23.5 Å². The van der Waals surface area contributed by atoms with E-state index in [-0.39, 0.29) is 5.78 Å². The summed E-state index contributed by atoms with van der Waals surface area (Å²) in [5.41, 5.74) is 2.25. The topological polar surface area (TPSA) is 39.2 Å². The van der Waals surface area contributed by atoms with Crippen LogP contribution in [-0.2, 0) is 0 Å². The quantitative estimate of drug-likeness (QED) is 0.757. The van der Waals surface area contributed by atoms with Gasteiger partial charge in [-0.3, -0.25) is 9.78 Å². The van der Waals surface area contributed by atoms with E-state index in [4.69, 9.17) is 4.74 Å². The number of aromatic nitrogens is 1. The largest absolute Gasteiger partial charge is 0.497 e. The van der Waals surface area contributed by atoms with E-state index in [2.05, 4.69) is 4.98 Å². The molecule has 0 amide bonds. The van der Waals surface area contributed by atoms with Crippen LogP contribution in [0.4, 0.5) is 0 Å². The molecule has 3 nitrogen and oxygen atoms in total. The Bertz CT molecular complexity index is 535. The minimum atomic E-state index is 0.00699. The molecule has 0 saturated carbocycles. The Kier molecular flexibility index (Phi) is 3.19. The number of ketones is 1. The maximum atomic E-state index is 12.2. The summed E-state index contributed by atoms with van der Waals surface area (Å²) in [5, 5.41) is 0. The summed E-state index contributed by atoms with van der Waals surface area (Å²) < 4.78 is 5.11. The van der Waals surface area contributed by atoms with Crippen molar-refractivity contribution >= 4 is 5.78 Å². The number of ether oxygens (including phenoxy) is 1. The maximum Gasteiger partial charge on any atom is 0.193 e. The fraction of sp³-hybridized carbons (Fsp3) is 0.143. The summed E-state index contributed by atoms with van der Waals surface area (Å²) in [6, 6.07) is 8.87. The van der Waals surface area contributed by atoms with E-state index >= 15 is 0 Å². The monoisotopic (exact) mass is 227 g/mol. The van der Waals surface area contributed by atoms with Crippen LogP contribution in [0, 0.1) is 6.92 Å². The second-order valence-electron chi connectivity index (χ2n) is 3.75. The molecule has 0 atom stereocenters. The molecule has 0 radical (unpaired) electrons. The summed E-state index contributed by atoms with van der Waals surface area (Å²) in [7, 11) is 1.61. The van der Waals surface area contributed by atoms with Gasteiger partial charge in [0.15, 0.2) is 5.78 Å². The Balaban J connectivity index is 2.38. The van der Waals surface area contributed by atoms with Gasteiger partial charge in [-0.1, -0.05) is 0 Å². The second kappa shape index (κ2) is 4.78. The molecule has 0 aliphatic rings. The highest BCUT2D eigenvalue weighted by Crippen LogP contribution is 2.19. The Hall–Kier alpha value is -2.16. The molecule has 0 N–H and O–H groups in total. The second-order valence-corrected chi connectivity index (χ2v) is 3.75. The molecule has 0 aliphatic heterocycles. The SMILES string of the molecule is COc1ccc(C(=O)c2ccncc2)c(C)c1. The van der Waals surface area contributed by atoms with Crippen LogP contribution < -0.4 is 4.74 Å². The Morgan fingerprint density at radius 2 is 1.88 bits per heavy atom. The average Bonchev–Trinajstić information content (AvgIpc) is 2.39. The smallest absolute Gasteiger partial charge is 0.193 e. The first-order chi connectivity index (χ1) is 8.22. The molecule has 2 aromatic rings. The van der Waals surface area contributed by atoms with Crippen LogP contribution in [0.1, 0.15) is 21.5 Å². The van der Waals surface area contributed by atoms with Crippen LogP contribution in [-0.4, -0.2) is 17.9 Å². The lowest BCUT2D eigenvalue weighted by Crippen LogP contribution is -2.03. The first-order valence-electron chi connectivity index (χ1n) is 5.31. The summed E-state index contributed by atoms with van der Waals surface area (Å²) >= 11 is 0. The number of carbonyl (C=O) groups is 1. The predicted octanol–water partition coefficient (Wildman–Crippen LogP) is 2.63. The molecule has 1 heterocycles. The van der Waals surface area contributed by atoms with Crippen LogP contribution >= 0.6 is 0 Å². The van der Waals surface area contributed by atoms with E-state index in [0.717, 1.165) is 11.3 Å². The lowest BCUT2D eigenvalue weighted by molar-refractivity contribution is 0.103. The van der Waals surface area contributed by atoms with E-state index in [1.54, 1.807) is 43.8 Å². The van der Waals surface area contributed by atoms with E-state index < -0.39 is 0 Å². The highest BCUT2D eigenvalue weighted by molar-refractivity contribution is 6.09. The zero-order chi connectivity index (χ0) is 12.3. The van der Waals surface area contributed by atoms with Crippen LogP contribution in [0.3, 0.4) is 0 Å². The Morgan fingerprint density at radius 1 is 1.18 bits per heavy atom. The van der Waals surface area contributed by atoms with Crippen molar-refractivity contribution in [3.8, 4) is 5.75 Å². The third kappa shape index (κ3) is 2.33. The molecule has 17 heavy (non-hydrogen) atoms. The summed E-state index contributed by atoms with van der Waals surface area (Å²) in [4.78, 5) is 16.1. The number of carbonyl (C=O) groups excluding carboxylic acids is 1. The number of rotatable bonds is 3. The van der Waals surface area contributed by atoms with Crippen molar-refractivity contribution in [2.45, 2.75) is 6.92 Å². The molecule has 0 spiro atoms. The number of nitrogens with zero attached hydrogens (tertiary/aromatic N) is 1. The van der Waals surface area contributed by atoms with Gasteiger partial charge < -0.3 is 4.74 Å². The molecule has 0 aliphatic carbocycles. The van der Waals surface area contributed by atoms with Crippen molar-refractivity contribution < 1.29 is 9.53 Å². The van der Waals surface area contributed by atoms with Gasteiger partial charge >= 0.3 is 0 Å². The van der Waals surface area contributed by atoms with Crippen molar-refractivity contribution in [3.05, 3.63) is 59.4 Å². The average molecular weight is 227 g/mol. The number of hydrogen-bond donors (Lipinski definition) is 0. The summed E-state index contributed by atoms with van der Waals surface area (Å²) in [5.74, 6) is 0.765. The van der Waals surface area contributed by atoms with Crippen LogP contribution in [0.5, 0.6) is 5.75 Å². The number of methoxy groups -OCH3 is 1. The van der Waals surface area contributed by atoms with E-state index in [0.29, 0.717) is 11.1 Å². The number of hydrogen-bond acceptors (Lipinski definition) is 3. The summed E-state index contributed by atoms with van der Waals surface area (Å²) in [6.45, 7) is 1.90. The molecular weight excluding hydrogens is 214 g/mol. The summed E-state index contributed by atoms with van der Waals surface area (Å²) in [6.07, 6.45) is 3.23. The van der Waals surface area contributed by atoms with Gasteiger partial charge in [0.1, 0.15) is 5.75 Å². The first-order valence-corrected chi connectivity index (χ1v) is 5.31. The molecular formula is C14H13NO2. The lowest BCUT2D eigenvalue weighted by atomic mass is 10.00. The van der Waals surface area contributed by atoms with E-state index in [1.165, 1.54) is 0 Å². The highest BCUT2D eigenvalue weighted by atomic mass is 16.5. The van der Waals surface area contributed by atoms with Gasteiger partial charge in [0.05, 0.1) is 7.11 Å². The van der Waals surface area contributed by atoms with Crippen LogP contribution in [0.2, 0.25) is 0 Å². The Labute approximate surface area is 100 Å². The fourth-order valence-electron chi connectivity index (χ4n) is 1.68. The third-order valence-electron chi connectivity index (χ3n) is 2.62. The van der Waals surface area contributed by atoms with Gasteiger partial charge in [-0.15, -0.1) is 0 Å². The molecule has 0 saturated heterocycles. The zero-order valence-electron chi connectivity index (χ0n) is 9.81. The molecule has 0 bridgehead atoms. The number of aryl methyl sites for hydroxylation is 1. The van der Waals surface area contributed by atoms with Crippen molar-refractivity contribution in [1.82, 2.24) is 4.98 Å². The van der Waals surface area contributed by atoms with E-state index in [1.807, 2.05) is 13.0 Å². The first kappa shape index (κ1) is 11.3. The van der Waals surface area contributed by atoms with Crippen molar-refractivity contribution in [1.29, 1.82) is 0 Å². The zero-order valence-corrected chi connectivity index (χ0v) is 9.81. The molecule has 3 heteroatoms. The molecule has 0 unspecified atom stereocenters. The van der Waals surface area contributed by atoms with Gasteiger partial charge in [0.2, 0.25) is 0 Å². The fourth-order valence-corrected chi connectivity index (χ4v) is 1.68. The Morgan fingerprint density at radius 3 is 2.47 bits per heavy atom. The highest BCUT2D eigenvalue weighted by Gasteiger charge is 2.11. The van der Waals surface area contributed by atoms with Gasteiger partial charge in [-0.05, 0) is 42.8 Å². The molecule has 0 fully saturated rings. The van der Waals surface area contributed by atoms with Gasteiger partial charge in [-0.2, -0.15) is 0 Å². The number of pyridine rings is 1. The van der Waals surface area contributed by atoms with Crippen LogP contribution in [0.25, 0.3) is 0 Å². The van der Waals surface area contributed by atoms with E-state index in [9.17, 15) is 4.79 Å². The predicted molar refractivity (Wildman–Crippen MR) is 65.4 cm³/mol. The normalized spacial score (nSPS) is 10.0. The lowest BCUT2D eigenvalue weighted by Gasteiger charge is -2.07. The van der Waals surface area contributed by atoms with Crippen molar-refractivity contribution in [3.63, 3.8) is 0 Å². The molecule has 2 rings (SSSR count). The minimum absolute atomic E-state index is 0.00699. The van der Waals surface area contributed by atoms with Crippen molar-refractivity contribution in [2.24, 2.45) is 0 Å². The van der Waals surface area contributed by atoms with Crippen LogP contribution in [0.15, 0.2) is 42.7 Å². The standard InChI is InChI=1S/C14H13NO2/c1-10-9-12(17-2)3-4-13(10)14(16)11-5-7-15-8-6-11/h3-9H,1-2H3. The van der Waals surface area contributed by atoms with Gasteiger partial charge in [-0.25, -0.2) is 0 Å². The van der Waals surface area contributed by atoms with Crippen molar-refractivity contribution in [2.75, 3.05) is 7.11 Å². The molecule has 1 aromatic carbocycles. The maximum absolute atomic E-state index is 12.2. The molecule has 1 aromatic heterocycles. The van der Waals surface area contributed by atoms with Gasteiger partial charge in [0.25, 0.3) is 0 Å².